The first-order chi connectivity index (χ1) is 17.6. The molecule has 0 N–H and O–H groups in total. The molecule has 1 aliphatic rings. The second-order valence-electron chi connectivity index (χ2n) is 11.4. The molecule has 1 nitrogen and oxygen atoms in total. The Morgan fingerprint density at radius 3 is 2.22 bits per heavy atom. The average Bonchev–Trinajstić information content (AvgIpc) is 3.39. The summed E-state index contributed by atoms with van der Waals surface area (Å²) in [4.78, 5) is 2.25. The number of hydrogen-bond acceptors (Lipinski definition) is 2. The van der Waals surface area contributed by atoms with Gasteiger partial charge in [-0.1, -0.05) is 112 Å². The van der Waals surface area contributed by atoms with Crippen molar-refractivity contribution < 1.29 is 0 Å². The van der Waals surface area contributed by atoms with Crippen molar-refractivity contribution in [2.24, 2.45) is 0 Å². The summed E-state index contributed by atoms with van der Waals surface area (Å²) in [6.45, 7) is 11.4. The van der Waals surface area contributed by atoms with Crippen LogP contribution in [0.4, 0.5) is 17.1 Å². The number of fused-ring (bicyclic) bond motifs is 5. The molecule has 5 aromatic rings. The maximum atomic E-state index is 6.84. The van der Waals surface area contributed by atoms with E-state index in [1.165, 1.54) is 37.9 Å². The van der Waals surface area contributed by atoms with Crippen LogP contribution in [0.1, 0.15) is 51.3 Å². The van der Waals surface area contributed by atoms with Crippen molar-refractivity contribution in [1.29, 1.82) is 0 Å². The maximum Gasteiger partial charge on any atom is 0.0832 e. The number of hydrogen-bond donors (Lipinski definition) is 0. The lowest BCUT2D eigenvalue weighted by Gasteiger charge is -2.27. The zero-order valence-corrected chi connectivity index (χ0v) is 24.0. The van der Waals surface area contributed by atoms with Gasteiger partial charge in [0.2, 0.25) is 0 Å². The lowest BCUT2D eigenvalue weighted by atomic mass is 9.82. The molecule has 0 atom stereocenters. The molecule has 0 saturated carbocycles. The predicted octanol–water partition coefficient (Wildman–Crippen LogP) is 11.3. The van der Waals surface area contributed by atoms with Gasteiger partial charge in [-0.15, -0.1) is 11.3 Å². The lowest BCUT2D eigenvalue weighted by molar-refractivity contribution is 0.590. The molecule has 186 valence electrons. The maximum absolute atomic E-state index is 6.84. The second-order valence-corrected chi connectivity index (χ2v) is 13.0. The third-order valence-electron chi connectivity index (χ3n) is 7.67. The minimum Gasteiger partial charge on any atom is -0.307 e. The Morgan fingerprint density at radius 1 is 0.757 bits per heavy atom. The number of thiophene rings is 1. The van der Waals surface area contributed by atoms with E-state index in [-0.39, 0.29) is 10.8 Å². The van der Waals surface area contributed by atoms with E-state index in [2.05, 4.69) is 106 Å². The van der Waals surface area contributed by atoms with Gasteiger partial charge in [0.25, 0.3) is 0 Å². The van der Waals surface area contributed by atoms with Crippen LogP contribution < -0.4 is 4.90 Å². The normalized spacial score (nSPS) is 14.0. The number of nitrogens with zero attached hydrogens (tertiary/aromatic N) is 1. The summed E-state index contributed by atoms with van der Waals surface area (Å²) < 4.78 is 1.31. The summed E-state index contributed by atoms with van der Waals surface area (Å²) in [6, 6.07) is 28.1. The molecule has 37 heavy (non-hydrogen) atoms. The van der Waals surface area contributed by atoms with Crippen molar-refractivity contribution >= 4 is 61.7 Å². The van der Waals surface area contributed by atoms with E-state index in [0.717, 1.165) is 17.1 Å². The van der Waals surface area contributed by atoms with Gasteiger partial charge in [-0.3, -0.25) is 0 Å². The highest BCUT2D eigenvalue weighted by atomic mass is 35.5. The van der Waals surface area contributed by atoms with Crippen LogP contribution in [0.2, 0.25) is 10.0 Å². The van der Waals surface area contributed by atoms with E-state index < -0.39 is 0 Å². The highest BCUT2D eigenvalue weighted by Crippen LogP contribution is 2.55. The van der Waals surface area contributed by atoms with Crippen LogP contribution in [0.3, 0.4) is 0 Å². The smallest absolute Gasteiger partial charge is 0.0832 e. The van der Waals surface area contributed by atoms with E-state index in [9.17, 15) is 0 Å². The summed E-state index contributed by atoms with van der Waals surface area (Å²) >= 11 is 15.2. The SMILES string of the molecule is CC(C)(C)c1ccc(N(c2cccc(Cl)c2Cl)c2csc3c4c(ccc23)C(C)(C)c2ccccc2-4)cc1. The van der Waals surface area contributed by atoms with Gasteiger partial charge in [-0.2, -0.15) is 0 Å². The van der Waals surface area contributed by atoms with Crippen molar-refractivity contribution in [2.45, 2.75) is 45.4 Å². The summed E-state index contributed by atoms with van der Waals surface area (Å²) in [5.41, 5.74) is 9.85. The number of anilines is 3. The highest BCUT2D eigenvalue weighted by Gasteiger charge is 2.37. The largest absolute Gasteiger partial charge is 0.307 e. The van der Waals surface area contributed by atoms with Crippen LogP contribution in [0.25, 0.3) is 21.2 Å². The van der Waals surface area contributed by atoms with Gasteiger partial charge in [0.15, 0.2) is 0 Å². The third kappa shape index (κ3) is 3.81. The fourth-order valence-corrected chi connectivity index (χ4v) is 7.10. The molecule has 0 unspecified atom stereocenters. The topological polar surface area (TPSA) is 3.24 Å². The molecule has 0 amide bonds. The lowest BCUT2D eigenvalue weighted by Crippen LogP contribution is -2.14. The Labute approximate surface area is 233 Å². The fraction of sp³-hybridized carbons (Fsp3) is 0.212. The van der Waals surface area contributed by atoms with Gasteiger partial charge in [0.1, 0.15) is 0 Å². The van der Waals surface area contributed by atoms with E-state index in [1.54, 1.807) is 11.3 Å². The van der Waals surface area contributed by atoms with Gasteiger partial charge in [0, 0.05) is 32.1 Å². The number of halogens is 2. The van der Waals surface area contributed by atoms with Gasteiger partial charge in [-0.25, -0.2) is 0 Å². The molecule has 1 aliphatic carbocycles. The van der Waals surface area contributed by atoms with Crippen LogP contribution in [-0.4, -0.2) is 0 Å². The first kappa shape index (κ1) is 24.6. The van der Waals surface area contributed by atoms with Crippen LogP contribution >= 0.6 is 34.5 Å². The molecule has 0 fully saturated rings. The molecule has 0 spiro atoms. The zero-order valence-electron chi connectivity index (χ0n) is 21.7. The molecule has 4 heteroatoms. The Bertz CT molecular complexity index is 1650. The molecule has 4 aromatic carbocycles. The molecule has 0 bridgehead atoms. The zero-order chi connectivity index (χ0) is 26.1. The average molecular weight is 543 g/mol. The number of rotatable bonds is 3. The van der Waals surface area contributed by atoms with Crippen LogP contribution in [-0.2, 0) is 10.8 Å². The summed E-state index contributed by atoms with van der Waals surface area (Å²) in [6.07, 6.45) is 0. The molecular formula is C33H29Cl2NS. The third-order valence-corrected chi connectivity index (χ3v) is 9.48. The second kappa shape index (κ2) is 8.63. The van der Waals surface area contributed by atoms with Crippen LogP contribution in [0.15, 0.2) is 84.2 Å². The van der Waals surface area contributed by atoms with E-state index in [0.29, 0.717) is 10.0 Å². The molecule has 0 aliphatic heterocycles. The molecule has 0 saturated heterocycles. The van der Waals surface area contributed by atoms with Crippen LogP contribution in [0, 0.1) is 0 Å². The molecule has 1 aromatic heterocycles. The van der Waals surface area contributed by atoms with Crippen LogP contribution in [0.5, 0.6) is 0 Å². The van der Waals surface area contributed by atoms with Crippen molar-refractivity contribution in [3.8, 4) is 11.1 Å². The van der Waals surface area contributed by atoms with Crippen molar-refractivity contribution in [2.75, 3.05) is 4.90 Å². The van der Waals surface area contributed by atoms with E-state index in [1.807, 2.05) is 18.2 Å². The van der Waals surface area contributed by atoms with Gasteiger partial charge >= 0.3 is 0 Å². The fourth-order valence-electron chi connectivity index (χ4n) is 5.62. The first-order valence-corrected chi connectivity index (χ1v) is 14.2. The standard InChI is InChI=1S/C33H29Cl2NS/c1-32(2,3)20-13-15-21(16-14-20)36(27-12-8-11-26(34)30(27)35)28-19-37-31-23(28)17-18-25-29(31)22-9-6-7-10-24(22)33(25,4)5/h6-19H,1-5H3. The predicted molar refractivity (Wildman–Crippen MR) is 163 cm³/mol. The molecule has 6 rings (SSSR count). The van der Waals surface area contributed by atoms with Crippen molar-refractivity contribution in [3.63, 3.8) is 0 Å². The summed E-state index contributed by atoms with van der Waals surface area (Å²) in [5.74, 6) is 0. The highest BCUT2D eigenvalue weighted by molar-refractivity contribution is 7.18. The Balaban J connectivity index is 1.60. The first-order valence-electron chi connectivity index (χ1n) is 12.6. The minimum absolute atomic E-state index is 0.0248. The summed E-state index contributed by atoms with van der Waals surface area (Å²) in [5, 5.41) is 4.57. The molecule has 1 heterocycles. The van der Waals surface area contributed by atoms with Gasteiger partial charge in [-0.05, 0) is 51.9 Å². The Kier molecular flexibility index (Phi) is 5.73. The van der Waals surface area contributed by atoms with Crippen molar-refractivity contribution in [1.82, 2.24) is 0 Å². The monoisotopic (exact) mass is 541 g/mol. The molecular weight excluding hydrogens is 513 g/mol. The van der Waals surface area contributed by atoms with Gasteiger partial charge in [0.05, 0.1) is 21.4 Å². The quantitative estimate of drug-likeness (QED) is 0.219. The molecule has 0 radical (unpaired) electrons. The minimum atomic E-state index is -0.0248. The van der Waals surface area contributed by atoms with Gasteiger partial charge < -0.3 is 4.90 Å². The van der Waals surface area contributed by atoms with Crippen molar-refractivity contribution in [3.05, 3.63) is 111 Å². The Hall–Kier alpha value is -2.78. The van der Waals surface area contributed by atoms with E-state index in [4.69, 9.17) is 23.2 Å². The Morgan fingerprint density at radius 2 is 1.49 bits per heavy atom. The number of benzene rings is 4. The summed E-state index contributed by atoms with van der Waals surface area (Å²) in [7, 11) is 0. The van der Waals surface area contributed by atoms with E-state index >= 15 is 0 Å².